The Balaban J connectivity index is 2.14. The summed E-state index contributed by atoms with van der Waals surface area (Å²) in [7, 11) is -1.77. The molecule has 0 spiro atoms. The van der Waals surface area contributed by atoms with Crippen LogP contribution in [0.1, 0.15) is 38.8 Å². The largest absolute Gasteiger partial charge is 0.390 e. The van der Waals surface area contributed by atoms with Crippen molar-refractivity contribution in [2.45, 2.75) is 50.7 Å². The fourth-order valence-corrected chi connectivity index (χ4v) is 4.46. The predicted molar refractivity (Wildman–Crippen MR) is 77.6 cm³/mol. The SMILES string of the molecule is CC1CCC(NS(=O)(=O)c2cc(CO)n(C)c2)C(C)C1. The van der Waals surface area contributed by atoms with E-state index in [1.54, 1.807) is 17.8 Å². The molecule has 3 atom stereocenters. The molecular weight excluding hydrogens is 276 g/mol. The smallest absolute Gasteiger partial charge is 0.242 e. The van der Waals surface area contributed by atoms with Crippen molar-refractivity contribution in [1.29, 1.82) is 0 Å². The van der Waals surface area contributed by atoms with E-state index in [0.717, 1.165) is 19.3 Å². The van der Waals surface area contributed by atoms with Gasteiger partial charge in [0.15, 0.2) is 0 Å². The molecule has 0 saturated heterocycles. The molecule has 114 valence electrons. The van der Waals surface area contributed by atoms with Crippen molar-refractivity contribution in [3.63, 3.8) is 0 Å². The van der Waals surface area contributed by atoms with E-state index in [4.69, 9.17) is 5.11 Å². The van der Waals surface area contributed by atoms with Crippen molar-refractivity contribution >= 4 is 10.0 Å². The van der Waals surface area contributed by atoms with Crippen LogP contribution in [0.5, 0.6) is 0 Å². The highest BCUT2D eigenvalue weighted by Crippen LogP contribution is 2.29. The lowest BCUT2D eigenvalue weighted by Gasteiger charge is -2.32. The zero-order valence-electron chi connectivity index (χ0n) is 12.3. The number of nitrogens with one attached hydrogen (secondary N) is 1. The van der Waals surface area contributed by atoms with E-state index in [2.05, 4.69) is 18.6 Å². The standard InChI is InChI=1S/C14H24N2O3S/c1-10-4-5-14(11(2)6-10)15-20(18,19)13-7-12(9-17)16(3)8-13/h7-8,10-11,14-15,17H,4-6,9H2,1-3H3. The molecule has 2 rings (SSSR count). The minimum absolute atomic E-state index is 0.00832. The topological polar surface area (TPSA) is 71.3 Å². The number of rotatable bonds is 4. The van der Waals surface area contributed by atoms with Crippen LogP contribution >= 0.6 is 0 Å². The van der Waals surface area contributed by atoms with Crippen LogP contribution in [0, 0.1) is 11.8 Å². The quantitative estimate of drug-likeness (QED) is 0.887. The molecule has 6 heteroatoms. The maximum absolute atomic E-state index is 12.4. The number of nitrogens with zero attached hydrogens (tertiary/aromatic N) is 1. The summed E-state index contributed by atoms with van der Waals surface area (Å²) in [6, 6.07) is 1.53. The normalized spacial score (nSPS) is 27.7. The zero-order chi connectivity index (χ0) is 14.9. The van der Waals surface area contributed by atoms with Crippen LogP contribution in [0.15, 0.2) is 17.2 Å². The average molecular weight is 300 g/mol. The molecule has 2 N–H and O–H groups in total. The molecular formula is C14H24N2O3S. The Labute approximate surface area is 121 Å². The average Bonchev–Trinajstić information content (AvgIpc) is 2.75. The summed E-state index contributed by atoms with van der Waals surface area (Å²) in [6.45, 7) is 4.16. The zero-order valence-corrected chi connectivity index (χ0v) is 13.2. The van der Waals surface area contributed by atoms with E-state index >= 15 is 0 Å². The minimum Gasteiger partial charge on any atom is -0.390 e. The molecule has 1 saturated carbocycles. The summed E-state index contributed by atoms with van der Waals surface area (Å²) in [5.41, 5.74) is 0.593. The molecule has 3 unspecified atom stereocenters. The van der Waals surface area contributed by atoms with E-state index in [1.807, 2.05) is 0 Å². The molecule has 1 aromatic heterocycles. The number of hydrogen-bond donors (Lipinski definition) is 2. The Kier molecular flexibility index (Phi) is 4.56. The molecule has 0 radical (unpaired) electrons. The van der Waals surface area contributed by atoms with Crippen LogP contribution in [0.4, 0.5) is 0 Å². The van der Waals surface area contributed by atoms with Crippen molar-refractivity contribution in [1.82, 2.24) is 9.29 Å². The van der Waals surface area contributed by atoms with Gasteiger partial charge in [0.05, 0.1) is 11.5 Å². The molecule has 0 bridgehead atoms. The summed E-state index contributed by atoms with van der Waals surface area (Å²) in [5.74, 6) is 1.03. The van der Waals surface area contributed by atoms with E-state index in [0.29, 0.717) is 17.5 Å². The van der Waals surface area contributed by atoms with Gasteiger partial charge in [0.25, 0.3) is 0 Å². The first-order chi connectivity index (χ1) is 9.33. The maximum atomic E-state index is 12.4. The summed E-state index contributed by atoms with van der Waals surface area (Å²) in [5, 5.41) is 9.15. The Bertz CT molecular complexity index is 565. The van der Waals surface area contributed by atoms with E-state index in [9.17, 15) is 8.42 Å². The second kappa shape index (κ2) is 5.87. The Morgan fingerprint density at radius 1 is 1.40 bits per heavy atom. The molecule has 0 aliphatic heterocycles. The fourth-order valence-electron chi connectivity index (χ4n) is 2.99. The third-order valence-electron chi connectivity index (χ3n) is 4.29. The minimum atomic E-state index is -3.50. The van der Waals surface area contributed by atoms with Crippen LogP contribution < -0.4 is 4.72 Å². The molecule has 1 heterocycles. The van der Waals surface area contributed by atoms with Gasteiger partial charge in [-0.1, -0.05) is 13.8 Å². The Hall–Kier alpha value is -0.850. The third-order valence-corrected chi connectivity index (χ3v) is 5.75. The second-order valence-electron chi connectivity index (χ2n) is 6.06. The Morgan fingerprint density at radius 3 is 2.65 bits per heavy atom. The summed E-state index contributed by atoms with van der Waals surface area (Å²) in [6.07, 6.45) is 4.56. The number of aromatic nitrogens is 1. The first-order valence-electron chi connectivity index (χ1n) is 7.12. The molecule has 5 nitrogen and oxygen atoms in total. The van der Waals surface area contributed by atoms with Crippen molar-refractivity contribution in [2.24, 2.45) is 18.9 Å². The molecule has 1 fully saturated rings. The van der Waals surface area contributed by atoms with Gasteiger partial charge in [-0.2, -0.15) is 0 Å². The summed E-state index contributed by atoms with van der Waals surface area (Å²) >= 11 is 0. The molecule has 20 heavy (non-hydrogen) atoms. The number of sulfonamides is 1. The summed E-state index contributed by atoms with van der Waals surface area (Å²) in [4.78, 5) is 0.231. The van der Waals surface area contributed by atoms with Crippen LogP contribution in [-0.2, 0) is 23.7 Å². The van der Waals surface area contributed by atoms with Crippen molar-refractivity contribution in [2.75, 3.05) is 0 Å². The van der Waals surface area contributed by atoms with Crippen molar-refractivity contribution < 1.29 is 13.5 Å². The summed E-state index contributed by atoms with van der Waals surface area (Å²) < 4.78 is 29.3. The highest BCUT2D eigenvalue weighted by atomic mass is 32.2. The van der Waals surface area contributed by atoms with E-state index in [1.165, 1.54) is 6.07 Å². The molecule has 1 aliphatic carbocycles. The van der Waals surface area contributed by atoms with Crippen LogP contribution in [0.3, 0.4) is 0 Å². The van der Waals surface area contributed by atoms with Gasteiger partial charge in [-0.15, -0.1) is 0 Å². The lowest BCUT2D eigenvalue weighted by Crippen LogP contribution is -2.42. The number of aliphatic hydroxyl groups excluding tert-OH is 1. The second-order valence-corrected chi connectivity index (χ2v) is 7.77. The van der Waals surface area contributed by atoms with Gasteiger partial charge in [-0.05, 0) is 37.2 Å². The number of aliphatic hydroxyl groups is 1. The van der Waals surface area contributed by atoms with Gasteiger partial charge >= 0.3 is 0 Å². The number of aryl methyl sites for hydroxylation is 1. The van der Waals surface area contributed by atoms with Gasteiger partial charge < -0.3 is 9.67 Å². The first-order valence-corrected chi connectivity index (χ1v) is 8.60. The lowest BCUT2D eigenvalue weighted by molar-refractivity contribution is 0.249. The van der Waals surface area contributed by atoms with Gasteiger partial charge in [0.2, 0.25) is 10.0 Å². The molecule has 1 aromatic rings. The maximum Gasteiger partial charge on any atom is 0.242 e. The van der Waals surface area contributed by atoms with E-state index in [-0.39, 0.29) is 17.5 Å². The van der Waals surface area contributed by atoms with Crippen LogP contribution in [-0.4, -0.2) is 24.1 Å². The number of hydrogen-bond acceptors (Lipinski definition) is 3. The van der Waals surface area contributed by atoms with Gasteiger partial charge in [-0.25, -0.2) is 13.1 Å². The monoisotopic (exact) mass is 300 g/mol. The van der Waals surface area contributed by atoms with Gasteiger partial charge in [-0.3, -0.25) is 0 Å². The van der Waals surface area contributed by atoms with Gasteiger partial charge in [0, 0.05) is 25.0 Å². The highest BCUT2D eigenvalue weighted by Gasteiger charge is 2.29. The van der Waals surface area contributed by atoms with Crippen molar-refractivity contribution in [3.8, 4) is 0 Å². The van der Waals surface area contributed by atoms with E-state index < -0.39 is 10.0 Å². The van der Waals surface area contributed by atoms with Crippen molar-refractivity contribution in [3.05, 3.63) is 18.0 Å². The van der Waals surface area contributed by atoms with Crippen LogP contribution in [0.25, 0.3) is 0 Å². The molecule has 1 aliphatic rings. The predicted octanol–water partition coefficient (Wildman–Crippen LogP) is 1.62. The first kappa shape index (κ1) is 15.5. The highest BCUT2D eigenvalue weighted by molar-refractivity contribution is 7.89. The fraction of sp³-hybridized carbons (Fsp3) is 0.714. The Morgan fingerprint density at radius 2 is 2.10 bits per heavy atom. The molecule has 0 aromatic carbocycles. The molecule has 0 amide bonds. The van der Waals surface area contributed by atoms with Crippen LogP contribution in [0.2, 0.25) is 0 Å². The lowest BCUT2D eigenvalue weighted by atomic mass is 9.80. The van der Waals surface area contributed by atoms with Gasteiger partial charge in [0.1, 0.15) is 0 Å². The third kappa shape index (κ3) is 3.24.